The normalized spacial score (nSPS) is 11.1. The molecule has 0 spiro atoms. The highest BCUT2D eigenvalue weighted by atomic mass is 15.0. The van der Waals surface area contributed by atoms with Gasteiger partial charge in [-0.1, -0.05) is 48.5 Å². The molecule has 0 atom stereocenters. The van der Waals surface area contributed by atoms with Gasteiger partial charge in [0.2, 0.25) is 0 Å². The van der Waals surface area contributed by atoms with E-state index in [-0.39, 0.29) is 0 Å². The number of rotatable bonds is 9. The Bertz CT molecular complexity index is 2730. The highest BCUT2D eigenvalue weighted by Gasteiger charge is 2.22. The van der Waals surface area contributed by atoms with Gasteiger partial charge in [-0.25, -0.2) is 0 Å². The lowest BCUT2D eigenvalue weighted by atomic mass is 9.99. The fraction of sp³-hybridized carbons (Fsp3) is 0. The molecule has 0 saturated carbocycles. The zero-order valence-electron chi connectivity index (χ0n) is 31.2. The molecule has 8 aromatic heterocycles. The number of benzene rings is 2. The van der Waals surface area contributed by atoms with E-state index in [0.29, 0.717) is 0 Å². The van der Waals surface area contributed by atoms with Crippen LogP contribution < -0.4 is 0 Å². The lowest BCUT2D eigenvalue weighted by Crippen LogP contribution is -2.00. The zero-order valence-corrected chi connectivity index (χ0v) is 31.2. The van der Waals surface area contributed by atoms with Gasteiger partial charge in [-0.3, -0.25) is 29.9 Å². The Morgan fingerprint density at radius 3 is 0.810 bits per heavy atom. The van der Waals surface area contributed by atoms with Gasteiger partial charge < -0.3 is 9.13 Å². The molecule has 8 heteroatoms. The predicted molar refractivity (Wildman–Crippen MR) is 230 cm³/mol. The fourth-order valence-corrected chi connectivity index (χ4v) is 7.73. The Morgan fingerprint density at radius 1 is 0.241 bits per heavy atom. The fourth-order valence-electron chi connectivity index (χ4n) is 7.73. The topological polar surface area (TPSA) is 87.2 Å². The maximum atomic E-state index is 4.32. The average Bonchev–Trinajstić information content (AvgIpc) is 3.92. The molecule has 0 saturated heterocycles. The lowest BCUT2D eigenvalue weighted by Gasteiger charge is -2.16. The summed E-state index contributed by atoms with van der Waals surface area (Å²) in [6.45, 7) is 0. The van der Waals surface area contributed by atoms with Crippen molar-refractivity contribution in [3.05, 3.63) is 208 Å². The summed E-state index contributed by atoms with van der Waals surface area (Å²) in [4.78, 5) is 25.9. The van der Waals surface area contributed by atoms with E-state index in [1.807, 2.05) is 98.6 Å². The molecule has 58 heavy (non-hydrogen) atoms. The van der Waals surface area contributed by atoms with Gasteiger partial charge in [0.05, 0.1) is 22.8 Å². The van der Waals surface area contributed by atoms with Crippen LogP contribution in [0.1, 0.15) is 0 Å². The molecule has 8 nitrogen and oxygen atoms in total. The molecule has 0 aliphatic heterocycles. The largest absolute Gasteiger partial charge is 0.309 e. The molecule has 0 radical (unpaired) electrons. The van der Waals surface area contributed by atoms with Gasteiger partial charge in [-0.05, 0) is 118 Å². The van der Waals surface area contributed by atoms with Crippen molar-refractivity contribution in [1.29, 1.82) is 0 Å². The predicted octanol–water partition coefficient (Wildman–Crippen LogP) is 11.3. The first kappa shape index (κ1) is 34.4. The van der Waals surface area contributed by atoms with E-state index in [1.165, 1.54) is 0 Å². The van der Waals surface area contributed by atoms with Crippen molar-refractivity contribution in [3.8, 4) is 89.8 Å². The van der Waals surface area contributed by atoms with Gasteiger partial charge in [0.25, 0.3) is 0 Å². The molecule has 274 valence electrons. The van der Waals surface area contributed by atoms with Crippen LogP contribution in [0.4, 0.5) is 0 Å². The molecule has 0 bridgehead atoms. The Balaban J connectivity index is 1.06. The number of aromatic nitrogens is 8. The summed E-state index contributed by atoms with van der Waals surface area (Å²) in [5.74, 6) is 0. The van der Waals surface area contributed by atoms with Crippen molar-refractivity contribution in [2.45, 2.75) is 0 Å². The minimum absolute atomic E-state index is 1.02. The lowest BCUT2D eigenvalue weighted by molar-refractivity contribution is 1.08. The molecule has 10 aromatic rings. The molecule has 0 fully saturated rings. The Morgan fingerprint density at radius 2 is 0.500 bits per heavy atom. The van der Waals surface area contributed by atoms with Crippen molar-refractivity contribution < 1.29 is 0 Å². The maximum absolute atomic E-state index is 4.32. The van der Waals surface area contributed by atoms with Crippen LogP contribution in [0.25, 0.3) is 89.8 Å². The van der Waals surface area contributed by atoms with Crippen molar-refractivity contribution >= 4 is 0 Å². The quantitative estimate of drug-likeness (QED) is 0.146. The van der Waals surface area contributed by atoms with Crippen LogP contribution in [0.15, 0.2) is 208 Å². The molecule has 0 aliphatic carbocycles. The molecule has 0 N–H and O–H groups in total. The third-order valence-corrected chi connectivity index (χ3v) is 10.4. The minimum atomic E-state index is 1.02. The van der Waals surface area contributed by atoms with Crippen LogP contribution in [0.5, 0.6) is 0 Å². The summed E-state index contributed by atoms with van der Waals surface area (Å²) in [5.41, 5.74) is 17.3. The summed E-state index contributed by atoms with van der Waals surface area (Å²) in [7, 11) is 0. The molecule has 0 amide bonds. The molecule has 2 aromatic carbocycles. The number of nitrogens with zero attached hydrogens (tertiary/aromatic N) is 8. The molecule has 0 unspecified atom stereocenters. The van der Waals surface area contributed by atoms with E-state index in [9.17, 15) is 0 Å². The molecular formula is C50H34N8. The van der Waals surface area contributed by atoms with Crippen LogP contribution in [0.2, 0.25) is 0 Å². The first-order valence-corrected chi connectivity index (χ1v) is 19.0. The van der Waals surface area contributed by atoms with Gasteiger partial charge >= 0.3 is 0 Å². The second-order valence-corrected chi connectivity index (χ2v) is 13.8. The summed E-state index contributed by atoms with van der Waals surface area (Å²) >= 11 is 0. The first-order chi connectivity index (χ1) is 28.8. The molecule has 0 aliphatic rings. The minimum Gasteiger partial charge on any atom is -0.309 e. The van der Waals surface area contributed by atoms with Gasteiger partial charge in [-0.15, -0.1) is 0 Å². The second-order valence-electron chi connectivity index (χ2n) is 13.8. The average molecular weight is 747 g/mol. The molecule has 10 rings (SSSR count). The van der Waals surface area contributed by atoms with Crippen molar-refractivity contribution in [2.75, 3.05) is 0 Å². The van der Waals surface area contributed by atoms with Crippen LogP contribution in [0.3, 0.4) is 0 Å². The molecular weight excluding hydrogens is 713 g/mol. The van der Waals surface area contributed by atoms with E-state index in [2.05, 4.69) is 148 Å². The summed E-state index contributed by atoms with van der Waals surface area (Å²) in [5, 5.41) is 0. The first-order valence-electron chi connectivity index (χ1n) is 19.0. The van der Waals surface area contributed by atoms with Gasteiger partial charge in [0, 0.05) is 108 Å². The second kappa shape index (κ2) is 15.2. The zero-order chi connectivity index (χ0) is 38.7. The third kappa shape index (κ3) is 6.44. The Labute approximate surface area is 335 Å². The third-order valence-electron chi connectivity index (χ3n) is 10.4. The number of hydrogen-bond acceptors (Lipinski definition) is 6. The summed E-state index contributed by atoms with van der Waals surface area (Å²) in [6.07, 6.45) is 22.1. The van der Waals surface area contributed by atoms with E-state index in [4.69, 9.17) is 0 Å². The monoisotopic (exact) mass is 746 g/mol. The Hall–Kier alpha value is -8.10. The summed E-state index contributed by atoms with van der Waals surface area (Å²) < 4.78 is 4.63. The number of hydrogen-bond donors (Lipinski definition) is 0. The summed E-state index contributed by atoms with van der Waals surface area (Å²) in [6, 6.07) is 46.8. The highest BCUT2D eigenvalue weighted by molar-refractivity contribution is 5.90. The van der Waals surface area contributed by atoms with Gasteiger partial charge in [-0.2, -0.15) is 0 Å². The van der Waals surface area contributed by atoms with Crippen LogP contribution in [-0.2, 0) is 0 Å². The highest BCUT2D eigenvalue weighted by Crippen LogP contribution is 2.43. The van der Waals surface area contributed by atoms with Crippen LogP contribution in [-0.4, -0.2) is 39.0 Å². The van der Waals surface area contributed by atoms with E-state index in [0.717, 1.165) is 89.8 Å². The van der Waals surface area contributed by atoms with Crippen molar-refractivity contribution in [2.24, 2.45) is 0 Å². The maximum Gasteiger partial charge on any atom is 0.0614 e. The van der Waals surface area contributed by atoms with E-state index in [1.54, 1.807) is 0 Å². The molecule has 8 heterocycles. The van der Waals surface area contributed by atoms with Crippen LogP contribution >= 0.6 is 0 Å². The van der Waals surface area contributed by atoms with E-state index < -0.39 is 0 Å². The van der Waals surface area contributed by atoms with Crippen molar-refractivity contribution in [1.82, 2.24) is 39.0 Å². The van der Waals surface area contributed by atoms with Gasteiger partial charge in [0.15, 0.2) is 0 Å². The Kier molecular flexibility index (Phi) is 9.02. The standard InChI is InChI=1S/C50H34N8/c1-5-39(47-33-45(37-9-21-51-22-10-37)49(41-13-25-53-26-14-41)57(47)43-17-29-55-30-18-43)6-2-35(1)36-3-7-40(8-4-36)48-34-46(38-11-23-52-24-12-38)50(42-15-27-54-28-16-42)58(48)44-19-31-56-32-20-44/h1-34H. The van der Waals surface area contributed by atoms with E-state index >= 15 is 0 Å². The SMILES string of the molecule is c1cc(-c2cc(-c3ccc(-c4ccc(-c5cc(-c6ccncc6)c(-c6ccncc6)n5-c5ccncc5)cc4)cc3)n(-c3ccncc3)c2-c2ccncc2)ccn1. The van der Waals surface area contributed by atoms with Gasteiger partial charge in [0.1, 0.15) is 0 Å². The number of pyridine rings is 6. The smallest absolute Gasteiger partial charge is 0.0614 e. The van der Waals surface area contributed by atoms with Crippen LogP contribution in [0, 0.1) is 0 Å². The van der Waals surface area contributed by atoms with Crippen molar-refractivity contribution in [3.63, 3.8) is 0 Å².